The van der Waals surface area contributed by atoms with E-state index in [1.807, 2.05) is 31.3 Å². The van der Waals surface area contributed by atoms with E-state index in [-0.39, 0.29) is 11.9 Å². The van der Waals surface area contributed by atoms with Crippen LogP contribution in [0.15, 0.2) is 64.7 Å². The van der Waals surface area contributed by atoms with Crippen LogP contribution in [0.5, 0.6) is 0 Å². The molecule has 5 nitrogen and oxygen atoms in total. The van der Waals surface area contributed by atoms with E-state index in [0.29, 0.717) is 6.54 Å². The number of hydrogen-bond donors (Lipinski definition) is 0. The summed E-state index contributed by atoms with van der Waals surface area (Å²) >= 11 is 3.36. The second-order valence-electron chi connectivity index (χ2n) is 6.84. The number of hydrazone groups is 1. The summed E-state index contributed by atoms with van der Waals surface area (Å²) in [5.74, 6) is 0.0437. The second kappa shape index (κ2) is 8.77. The van der Waals surface area contributed by atoms with Gasteiger partial charge in [0, 0.05) is 30.2 Å². The predicted molar refractivity (Wildman–Crippen MR) is 115 cm³/mol. The summed E-state index contributed by atoms with van der Waals surface area (Å²) < 4.78 is 0. The smallest absolute Gasteiger partial charge is 0.257 e. The van der Waals surface area contributed by atoms with Crippen LogP contribution in [0.1, 0.15) is 27.8 Å². The third-order valence-electron chi connectivity index (χ3n) is 4.78. The highest BCUT2D eigenvalue weighted by Crippen LogP contribution is 2.35. The summed E-state index contributed by atoms with van der Waals surface area (Å²) in [5, 5.41) is 10.5. The lowest BCUT2D eigenvalue weighted by Gasteiger charge is -2.24. The molecular weight excluding hydrogens is 388 g/mol. The molecule has 0 bridgehead atoms. The first-order chi connectivity index (χ1) is 13.7. The fraction of sp³-hybridized carbons (Fsp3) is 0.286. The van der Waals surface area contributed by atoms with Gasteiger partial charge in [-0.1, -0.05) is 12.1 Å². The lowest BCUT2D eigenvalue weighted by Crippen LogP contribution is -2.37. The van der Waals surface area contributed by atoms with Crippen LogP contribution in [-0.4, -0.2) is 46.6 Å². The summed E-state index contributed by atoms with van der Waals surface area (Å²) in [6.07, 6.45) is 5.27. The Labute approximate surface area is 173 Å². The van der Waals surface area contributed by atoms with Crippen LogP contribution in [0.4, 0.5) is 0 Å². The molecule has 0 N–H and O–H groups in total. The first-order valence-electron chi connectivity index (χ1n) is 9.25. The monoisotopic (exact) mass is 410 g/mol. The highest BCUT2D eigenvalue weighted by atomic mass is 32.1. The van der Waals surface area contributed by atoms with E-state index in [0.717, 1.165) is 30.0 Å². The van der Waals surface area contributed by atoms with E-state index in [9.17, 15) is 4.79 Å². The van der Waals surface area contributed by atoms with Crippen molar-refractivity contribution in [3.05, 3.63) is 74.9 Å². The second-order valence-corrected chi connectivity index (χ2v) is 8.77. The molecule has 1 atom stereocenters. The molecule has 3 aromatic heterocycles. The lowest BCUT2D eigenvalue weighted by molar-refractivity contribution is -0.133. The van der Waals surface area contributed by atoms with Gasteiger partial charge in [0.2, 0.25) is 0 Å². The molecular formula is C21H22N4OS2. The topological polar surface area (TPSA) is 48.8 Å². The minimum absolute atomic E-state index is 0.00167. The van der Waals surface area contributed by atoms with Crippen LogP contribution < -0.4 is 0 Å². The Morgan fingerprint density at radius 3 is 2.68 bits per heavy atom. The van der Waals surface area contributed by atoms with Crippen molar-refractivity contribution < 1.29 is 4.79 Å². The molecule has 0 spiro atoms. The summed E-state index contributed by atoms with van der Waals surface area (Å²) in [4.78, 5) is 21.5. The van der Waals surface area contributed by atoms with E-state index >= 15 is 0 Å². The van der Waals surface area contributed by atoms with Crippen LogP contribution >= 0.6 is 22.7 Å². The highest BCUT2D eigenvalue weighted by molar-refractivity contribution is 7.12. The zero-order valence-corrected chi connectivity index (χ0v) is 17.3. The summed E-state index contributed by atoms with van der Waals surface area (Å²) in [6, 6.07) is 12.3. The van der Waals surface area contributed by atoms with Gasteiger partial charge >= 0.3 is 0 Å². The molecule has 1 aliphatic rings. The van der Waals surface area contributed by atoms with Crippen molar-refractivity contribution in [3.8, 4) is 0 Å². The minimum atomic E-state index is -0.00167. The fourth-order valence-corrected chi connectivity index (χ4v) is 4.82. The molecule has 1 aliphatic heterocycles. The van der Waals surface area contributed by atoms with Gasteiger partial charge in [0.1, 0.15) is 0 Å². The number of hydrogen-bond acceptors (Lipinski definition) is 6. The van der Waals surface area contributed by atoms with Crippen molar-refractivity contribution in [2.24, 2.45) is 5.10 Å². The average Bonchev–Trinajstić information content (AvgIpc) is 3.47. The number of amides is 1. The van der Waals surface area contributed by atoms with Crippen molar-refractivity contribution in [3.63, 3.8) is 0 Å². The Bertz CT molecular complexity index is 923. The number of likely N-dealkylation sites (N-methyl/N-ethyl adjacent to an activating group) is 1. The molecule has 4 rings (SSSR count). The average molecular weight is 411 g/mol. The number of aromatic nitrogens is 1. The van der Waals surface area contributed by atoms with Gasteiger partial charge in [0.25, 0.3) is 5.91 Å². The van der Waals surface area contributed by atoms with E-state index in [1.54, 1.807) is 40.1 Å². The molecule has 7 heteroatoms. The molecule has 1 amide bonds. The highest BCUT2D eigenvalue weighted by Gasteiger charge is 2.34. The molecule has 144 valence electrons. The molecule has 4 heterocycles. The lowest BCUT2D eigenvalue weighted by atomic mass is 10.1. The van der Waals surface area contributed by atoms with E-state index < -0.39 is 0 Å². The van der Waals surface area contributed by atoms with Crippen LogP contribution in [-0.2, 0) is 11.2 Å². The third-order valence-corrected chi connectivity index (χ3v) is 6.67. The van der Waals surface area contributed by atoms with Crippen molar-refractivity contribution in [2.45, 2.75) is 18.9 Å². The van der Waals surface area contributed by atoms with Gasteiger partial charge in [-0.2, -0.15) is 5.10 Å². The van der Waals surface area contributed by atoms with Gasteiger partial charge < -0.3 is 0 Å². The quantitative estimate of drug-likeness (QED) is 0.590. The number of carbonyl (C=O) groups excluding carboxylic acids is 1. The van der Waals surface area contributed by atoms with Crippen molar-refractivity contribution in [1.29, 1.82) is 0 Å². The van der Waals surface area contributed by atoms with Gasteiger partial charge in [-0.25, -0.2) is 5.01 Å². The molecule has 0 radical (unpaired) electrons. The Morgan fingerprint density at radius 1 is 1.18 bits per heavy atom. The normalized spacial score (nSPS) is 16.6. The van der Waals surface area contributed by atoms with E-state index in [2.05, 4.69) is 32.8 Å². The standard InChI is InChI=1S/C21H22N4OS2/c1-24(11-8-16-6-9-22-10-7-16)15-21(26)25-18(20-5-3-13-28-20)14-17(23-25)19-4-2-12-27-19/h2-7,9-10,12-13,18H,8,11,14-15H2,1H3/t18-/m0/s1. The van der Waals surface area contributed by atoms with Gasteiger partial charge in [-0.15, -0.1) is 22.7 Å². The van der Waals surface area contributed by atoms with Crippen molar-refractivity contribution in [1.82, 2.24) is 14.9 Å². The van der Waals surface area contributed by atoms with E-state index in [1.165, 1.54) is 10.4 Å². The van der Waals surface area contributed by atoms with E-state index in [4.69, 9.17) is 5.10 Å². The van der Waals surface area contributed by atoms with Gasteiger partial charge in [0.05, 0.1) is 23.2 Å². The molecule has 0 aromatic carbocycles. The maximum atomic E-state index is 13.1. The third kappa shape index (κ3) is 4.38. The van der Waals surface area contributed by atoms with Crippen LogP contribution in [0.25, 0.3) is 0 Å². The van der Waals surface area contributed by atoms with Gasteiger partial charge in [-0.3, -0.25) is 14.7 Å². The van der Waals surface area contributed by atoms with Crippen molar-refractivity contribution >= 4 is 34.3 Å². The number of nitrogens with zero attached hydrogens (tertiary/aromatic N) is 4. The fourth-order valence-electron chi connectivity index (χ4n) is 3.29. The summed E-state index contributed by atoms with van der Waals surface area (Å²) in [5.41, 5.74) is 2.23. The van der Waals surface area contributed by atoms with Gasteiger partial charge in [0.15, 0.2) is 0 Å². The van der Waals surface area contributed by atoms with Gasteiger partial charge in [-0.05, 0) is 54.1 Å². The van der Waals surface area contributed by atoms with Crippen LogP contribution in [0, 0.1) is 0 Å². The van der Waals surface area contributed by atoms with Crippen LogP contribution in [0.3, 0.4) is 0 Å². The summed E-state index contributed by atoms with van der Waals surface area (Å²) in [6.45, 7) is 1.17. The maximum absolute atomic E-state index is 13.1. The predicted octanol–water partition coefficient (Wildman–Crippen LogP) is 4.06. The Balaban J connectivity index is 1.44. The van der Waals surface area contributed by atoms with Crippen LogP contribution in [0.2, 0.25) is 0 Å². The molecule has 28 heavy (non-hydrogen) atoms. The number of pyridine rings is 1. The van der Waals surface area contributed by atoms with Crippen molar-refractivity contribution in [2.75, 3.05) is 20.1 Å². The largest absolute Gasteiger partial charge is 0.297 e. The Morgan fingerprint density at radius 2 is 1.96 bits per heavy atom. The zero-order valence-electron chi connectivity index (χ0n) is 15.7. The zero-order chi connectivity index (χ0) is 19.3. The first-order valence-corrected chi connectivity index (χ1v) is 11.0. The molecule has 3 aromatic rings. The molecule has 0 aliphatic carbocycles. The SMILES string of the molecule is CN(CCc1ccncc1)CC(=O)N1N=C(c2cccs2)C[C@H]1c1cccs1. The molecule has 0 unspecified atom stereocenters. The first kappa shape index (κ1) is 19.0. The molecule has 0 saturated heterocycles. The number of rotatable bonds is 7. The minimum Gasteiger partial charge on any atom is -0.297 e. The molecule has 0 fully saturated rings. The molecule has 0 saturated carbocycles. The Hall–Kier alpha value is -2.35. The number of thiophene rings is 2. The maximum Gasteiger partial charge on any atom is 0.257 e. The number of carbonyl (C=O) groups is 1. The Kier molecular flexibility index (Phi) is 5.95. The summed E-state index contributed by atoms with van der Waals surface area (Å²) in [7, 11) is 1.99.